The first-order chi connectivity index (χ1) is 12.2. The Morgan fingerprint density at radius 2 is 2.08 bits per heavy atom. The highest BCUT2D eigenvalue weighted by atomic mass is 16.3. The summed E-state index contributed by atoms with van der Waals surface area (Å²) in [5.41, 5.74) is 0. The van der Waals surface area contributed by atoms with Crippen molar-refractivity contribution in [1.82, 2.24) is 19.8 Å². The molecular weight excluding hydrogens is 320 g/mol. The fraction of sp³-hybridized carbons (Fsp3) is 0.706. The van der Waals surface area contributed by atoms with Gasteiger partial charge in [-0.25, -0.2) is 9.97 Å². The molecule has 8 heteroatoms. The average molecular weight is 348 g/mol. The highest BCUT2D eigenvalue weighted by Crippen LogP contribution is 2.24. The van der Waals surface area contributed by atoms with Crippen LogP contribution in [0.1, 0.15) is 19.8 Å². The van der Waals surface area contributed by atoms with E-state index in [9.17, 15) is 9.90 Å². The van der Waals surface area contributed by atoms with Crippen LogP contribution in [0.25, 0.3) is 0 Å². The van der Waals surface area contributed by atoms with Crippen molar-refractivity contribution in [3.05, 3.63) is 12.4 Å². The van der Waals surface area contributed by atoms with Crippen LogP contribution >= 0.6 is 0 Å². The second kappa shape index (κ2) is 8.44. The van der Waals surface area contributed by atoms with Crippen LogP contribution < -0.4 is 10.2 Å². The first kappa shape index (κ1) is 17.9. The van der Waals surface area contributed by atoms with Gasteiger partial charge in [0.1, 0.15) is 18.0 Å². The van der Waals surface area contributed by atoms with Crippen molar-refractivity contribution in [3.63, 3.8) is 0 Å². The minimum absolute atomic E-state index is 0.161. The second-order valence-corrected chi connectivity index (χ2v) is 6.71. The number of aromatic nitrogens is 2. The molecule has 0 radical (unpaired) electrons. The number of carbonyl (C=O) groups is 1. The summed E-state index contributed by atoms with van der Waals surface area (Å²) in [4.78, 5) is 26.4. The predicted molar refractivity (Wildman–Crippen MR) is 96.7 cm³/mol. The molecule has 1 amide bonds. The summed E-state index contributed by atoms with van der Waals surface area (Å²) < 4.78 is 0. The molecule has 2 aliphatic heterocycles. The zero-order valence-corrected chi connectivity index (χ0v) is 14.9. The van der Waals surface area contributed by atoms with E-state index in [0.717, 1.165) is 70.3 Å². The number of anilines is 2. The normalized spacial score (nSPS) is 21.6. The molecule has 1 atom stereocenters. The molecule has 2 aliphatic rings. The maximum atomic E-state index is 11.4. The summed E-state index contributed by atoms with van der Waals surface area (Å²) in [5, 5.41) is 12.8. The minimum Gasteiger partial charge on any atom is -0.394 e. The number of carbonyl (C=O) groups excluding carboxylic acids is 1. The maximum Gasteiger partial charge on any atom is 0.219 e. The van der Waals surface area contributed by atoms with Gasteiger partial charge in [0.25, 0.3) is 0 Å². The Morgan fingerprint density at radius 1 is 1.28 bits per heavy atom. The molecule has 0 saturated carbocycles. The van der Waals surface area contributed by atoms with Crippen LogP contribution in [0.4, 0.5) is 11.6 Å². The van der Waals surface area contributed by atoms with E-state index >= 15 is 0 Å². The van der Waals surface area contributed by atoms with Gasteiger partial charge in [-0.05, 0) is 12.8 Å². The Morgan fingerprint density at radius 3 is 2.80 bits per heavy atom. The molecule has 0 aromatic carbocycles. The summed E-state index contributed by atoms with van der Waals surface area (Å²) in [6, 6.07) is 2.13. The fourth-order valence-electron chi connectivity index (χ4n) is 3.56. The number of rotatable bonds is 6. The lowest BCUT2D eigenvalue weighted by molar-refractivity contribution is -0.130. The molecule has 8 nitrogen and oxygen atoms in total. The summed E-state index contributed by atoms with van der Waals surface area (Å²) in [5.74, 6) is 1.86. The van der Waals surface area contributed by atoms with Crippen molar-refractivity contribution in [2.24, 2.45) is 0 Å². The van der Waals surface area contributed by atoms with Gasteiger partial charge in [0, 0.05) is 58.8 Å². The first-order valence-corrected chi connectivity index (χ1v) is 9.08. The van der Waals surface area contributed by atoms with E-state index in [0.29, 0.717) is 0 Å². The molecule has 3 rings (SSSR count). The number of amides is 1. The van der Waals surface area contributed by atoms with Gasteiger partial charge in [-0.2, -0.15) is 0 Å². The van der Waals surface area contributed by atoms with Gasteiger partial charge >= 0.3 is 0 Å². The quantitative estimate of drug-likeness (QED) is 0.749. The van der Waals surface area contributed by atoms with Crippen LogP contribution in [-0.4, -0.2) is 89.2 Å². The van der Waals surface area contributed by atoms with E-state index in [-0.39, 0.29) is 18.6 Å². The van der Waals surface area contributed by atoms with Gasteiger partial charge in [-0.15, -0.1) is 0 Å². The number of aliphatic hydroxyl groups is 1. The van der Waals surface area contributed by atoms with E-state index in [1.54, 1.807) is 13.3 Å². The monoisotopic (exact) mass is 348 g/mol. The molecule has 0 bridgehead atoms. The van der Waals surface area contributed by atoms with E-state index in [1.165, 1.54) is 0 Å². The topological polar surface area (TPSA) is 84.8 Å². The molecule has 2 fully saturated rings. The second-order valence-electron chi connectivity index (χ2n) is 6.71. The molecule has 0 spiro atoms. The third-order valence-electron chi connectivity index (χ3n) is 5.09. The maximum absolute atomic E-state index is 11.4. The van der Waals surface area contributed by atoms with Crippen molar-refractivity contribution in [2.75, 3.05) is 62.6 Å². The van der Waals surface area contributed by atoms with Gasteiger partial charge in [-0.3, -0.25) is 9.69 Å². The van der Waals surface area contributed by atoms with Crippen LogP contribution in [-0.2, 0) is 4.79 Å². The largest absolute Gasteiger partial charge is 0.394 e. The molecule has 138 valence electrons. The van der Waals surface area contributed by atoms with E-state index in [2.05, 4.69) is 25.1 Å². The summed E-state index contributed by atoms with van der Waals surface area (Å²) in [7, 11) is 0. The number of piperazine rings is 1. The van der Waals surface area contributed by atoms with Crippen molar-refractivity contribution in [2.45, 2.75) is 25.8 Å². The van der Waals surface area contributed by atoms with Gasteiger partial charge in [0.2, 0.25) is 5.91 Å². The molecule has 2 saturated heterocycles. The van der Waals surface area contributed by atoms with E-state index in [1.807, 2.05) is 11.0 Å². The average Bonchev–Trinajstić information content (AvgIpc) is 3.11. The van der Waals surface area contributed by atoms with E-state index < -0.39 is 0 Å². The SMILES string of the molecule is CC(=O)N1CCN(CCNc2cc(N3CCCC3CO)ncn2)CC1. The highest BCUT2D eigenvalue weighted by molar-refractivity contribution is 5.73. The van der Waals surface area contributed by atoms with Crippen molar-refractivity contribution in [1.29, 1.82) is 0 Å². The molecule has 3 heterocycles. The summed E-state index contributed by atoms with van der Waals surface area (Å²) in [6.45, 7) is 7.92. The number of hydrogen-bond acceptors (Lipinski definition) is 7. The first-order valence-electron chi connectivity index (χ1n) is 9.08. The van der Waals surface area contributed by atoms with Crippen LogP contribution in [0.15, 0.2) is 12.4 Å². The lowest BCUT2D eigenvalue weighted by Gasteiger charge is -2.34. The Kier molecular flexibility index (Phi) is 6.04. The Balaban J connectivity index is 1.46. The number of hydrogen-bond donors (Lipinski definition) is 2. The number of aliphatic hydroxyl groups excluding tert-OH is 1. The van der Waals surface area contributed by atoms with Crippen LogP contribution in [0, 0.1) is 0 Å². The van der Waals surface area contributed by atoms with Crippen LogP contribution in [0.3, 0.4) is 0 Å². The predicted octanol–water partition coefficient (Wildman–Crippen LogP) is 0.0137. The molecule has 0 aliphatic carbocycles. The van der Waals surface area contributed by atoms with Gasteiger partial charge in [-0.1, -0.05) is 0 Å². The Bertz CT molecular complexity index is 576. The Labute approximate surface area is 148 Å². The third-order valence-corrected chi connectivity index (χ3v) is 5.09. The molecule has 1 aromatic rings. The smallest absolute Gasteiger partial charge is 0.219 e. The fourth-order valence-corrected chi connectivity index (χ4v) is 3.56. The van der Waals surface area contributed by atoms with Crippen molar-refractivity contribution < 1.29 is 9.90 Å². The highest BCUT2D eigenvalue weighted by Gasteiger charge is 2.25. The van der Waals surface area contributed by atoms with Crippen molar-refractivity contribution >= 4 is 17.5 Å². The number of nitrogens with zero attached hydrogens (tertiary/aromatic N) is 5. The Hall–Kier alpha value is -1.93. The molecular formula is C17H28N6O2. The summed E-state index contributed by atoms with van der Waals surface area (Å²) >= 11 is 0. The zero-order chi connectivity index (χ0) is 17.6. The third kappa shape index (κ3) is 4.58. The van der Waals surface area contributed by atoms with Gasteiger partial charge in [0.05, 0.1) is 12.6 Å². The van der Waals surface area contributed by atoms with Crippen molar-refractivity contribution in [3.8, 4) is 0 Å². The zero-order valence-electron chi connectivity index (χ0n) is 14.9. The van der Waals surface area contributed by atoms with Gasteiger partial charge < -0.3 is 20.2 Å². The standard InChI is InChI=1S/C17H28N6O2/c1-14(25)22-9-7-21(8-10-22)6-4-18-16-11-17(20-13-19-16)23-5-2-3-15(23)12-24/h11,13,15,24H,2-10,12H2,1H3,(H,18,19,20). The molecule has 1 aromatic heterocycles. The summed E-state index contributed by atoms with van der Waals surface area (Å²) in [6.07, 6.45) is 3.68. The van der Waals surface area contributed by atoms with Gasteiger partial charge in [0.15, 0.2) is 0 Å². The lowest BCUT2D eigenvalue weighted by Crippen LogP contribution is -2.49. The van der Waals surface area contributed by atoms with E-state index in [4.69, 9.17) is 0 Å². The number of nitrogens with one attached hydrogen (secondary N) is 1. The lowest BCUT2D eigenvalue weighted by atomic mass is 10.2. The van der Waals surface area contributed by atoms with Crippen LogP contribution in [0.2, 0.25) is 0 Å². The minimum atomic E-state index is 0.161. The van der Waals surface area contributed by atoms with Crippen LogP contribution in [0.5, 0.6) is 0 Å². The molecule has 25 heavy (non-hydrogen) atoms. The molecule has 2 N–H and O–H groups in total. The molecule has 1 unspecified atom stereocenters.